The number of carbonyl (C=O) groups excluding carboxylic acids is 1. The molecule has 5 rings (SSSR count). The van der Waals surface area contributed by atoms with Gasteiger partial charge in [-0.25, -0.2) is 9.37 Å². The number of pyridine rings is 1. The van der Waals surface area contributed by atoms with Gasteiger partial charge in [0.15, 0.2) is 0 Å². The van der Waals surface area contributed by atoms with E-state index >= 15 is 0 Å². The molecule has 1 aromatic carbocycles. The number of hydrogen-bond acceptors (Lipinski definition) is 4. The third-order valence-electron chi connectivity index (χ3n) is 6.61. The molecular weight excluding hydrogens is 357 g/mol. The minimum Gasteiger partial charge on any atom is -0.369 e. The van der Waals surface area contributed by atoms with Gasteiger partial charge < -0.3 is 15.0 Å². The lowest BCUT2D eigenvalue weighted by Gasteiger charge is -2.29. The number of fused-ring (bicyclic) bond motifs is 1. The Morgan fingerprint density at radius 3 is 2.89 bits per heavy atom. The predicted octanol–water partition coefficient (Wildman–Crippen LogP) is 2.94. The molecule has 0 unspecified atom stereocenters. The highest BCUT2D eigenvalue weighted by atomic mass is 19.1. The monoisotopic (exact) mass is 381 g/mol. The minimum atomic E-state index is -0.337. The van der Waals surface area contributed by atoms with Crippen LogP contribution in [0.15, 0.2) is 42.6 Å². The zero-order chi connectivity index (χ0) is 19.3. The zero-order valence-electron chi connectivity index (χ0n) is 15.9. The number of halogens is 1. The first-order chi connectivity index (χ1) is 13.5. The molecule has 4 atom stereocenters. The van der Waals surface area contributed by atoms with E-state index in [2.05, 4.69) is 27.3 Å². The van der Waals surface area contributed by atoms with Crippen LogP contribution in [-0.4, -0.2) is 42.2 Å². The number of aromatic nitrogens is 1. The molecule has 0 saturated carbocycles. The van der Waals surface area contributed by atoms with Gasteiger partial charge in [-0.1, -0.05) is 6.07 Å². The van der Waals surface area contributed by atoms with Crippen LogP contribution in [0, 0.1) is 24.6 Å². The average Bonchev–Trinajstić information content (AvgIpc) is 3.36. The number of ether oxygens (including phenoxy) is 1. The molecule has 2 aromatic rings. The van der Waals surface area contributed by atoms with Crippen molar-refractivity contribution < 1.29 is 13.9 Å². The minimum absolute atomic E-state index is 0.109. The second-order valence-electron chi connectivity index (χ2n) is 8.32. The predicted molar refractivity (Wildman–Crippen MR) is 104 cm³/mol. The summed E-state index contributed by atoms with van der Waals surface area (Å²) < 4.78 is 19.5. The summed E-state index contributed by atoms with van der Waals surface area (Å²) >= 11 is 0. The summed E-state index contributed by atoms with van der Waals surface area (Å²) in [4.78, 5) is 19.3. The molecule has 3 fully saturated rings. The fraction of sp³-hybridized carbons (Fsp3) is 0.455. The average molecular weight is 381 g/mol. The Labute approximate surface area is 163 Å². The van der Waals surface area contributed by atoms with E-state index in [1.807, 2.05) is 13.1 Å². The van der Waals surface area contributed by atoms with Crippen LogP contribution in [-0.2, 0) is 4.74 Å². The van der Waals surface area contributed by atoms with Crippen molar-refractivity contribution in [1.29, 1.82) is 0 Å². The van der Waals surface area contributed by atoms with E-state index < -0.39 is 0 Å². The lowest BCUT2D eigenvalue weighted by Crippen LogP contribution is -2.41. The normalized spacial score (nSPS) is 30.5. The number of benzene rings is 1. The second-order valence-corrected chi connectivity index (χ2v) is 8.32. The van der Waals surface area contributed by atoms with Gasteiger partial charge in [-0.05, 0) is 55.7 Å². The number of nitrogens with one attached hydrogen (secondary N) is 1. The summed E-state index contributed by atoms with van der Waals surface area (Å²) in [6, 6.07) is 9.83. The van der Waals surface area contributed by atoms with Crippen LogP contribution in [0.1, 0.15) is 28.8 Å². The van der Waals surface area contributed by atoms with Gasteiger partial charge in [0.05, 0.1) is 11.7 Å². The Kier molecular flexibility index (Phi) is 4.12. The lowest BCUT2D eigenvalue weighted by atomic mass is 9.73. The smallest absolute Gasteiger partial charge is 0.251 e. The van der Waals surface area contributed by atoms with Crippen LogP contribution in [0.2, 0.25) is 0 Å². The molecule has 3 saturated heterocycles. The van der Waals surface area contributed by atoms with Crippen LogP contribution in [0.4, 0.5) is 10.2 Å². The SMILES string of the molecule is Cc1ccc(N2C[C@@H]3[C@H](CNC(=O)c4ccc(F)cc4)[C@H]4CC[C@]3(C2)O4)nc1. The number of rotatable bonds is 4. The van der Waals surface area contributed by atoms with Crippen LogP contribution in [0.3, 0.4) is 0 Å². The molecule has 146 valence electrons. The van der Waals surface area contributed by atoms with Gasteiger partial charge in [0.25, 0.3) is 5.91 Å². The Balaban J connectivity index is 1.28. The van der Waals surface area contributed by atoms with E-state index in [-0.39, 0.29) is 23.4 Å². The molecule has 28 heavy (non-hydrogen) atoms. The third-order valence-corrected chi connectivity index (χ3v) is 6.61. The number of amides is 1. The lowest BCUT2D eigenvalue weighted by molar-refractivity contribution is 0.0141. The molecule has 1 spiro atoms. The van der Waals surface area contributed by atoms with E-state index in [1.165, 1.54) is 24.3 Å². The van der Waals surface area contributed by atoms with Crippen molar-refractivity contribution in [1.82, 2.24) is 10.3 Å². The first-order valence-corrected chi connectivity index (χ1v) is 9.93. The molecule has 6 heteroatoms. The number of aryl methyl sites for hydroxylation is 1. The van der Waals surface area contributed by atoms with Gasteiger partial charge in [-0.2, -0.15) is 0 Å². The molecule has 2 bridgehead atoms. The highest BCUT2D eigenvalue weighted by Crippen LogP contribution is 2.55. The zero-order valence-corrected chi connectivity index (χ0v) is 15.9. The van der Waals surface area contributed by atoms with Gasteiger partial charge in [-0.3, -0.25) is 4.79 Å². The number of nitrogens with zero attached hydrogens (tertiary/aromatic N) is 2. The Morgan fingerprint density at radius 1 is 1.32 bits per heavy atom. The second kappa shape index (κ2) is 6.55. The molecule has 4 heterocycles. The van der Waals surface area contributed by atoms with E-state index in [0.29, 0.717) is 23.9 Å². The Morgan fingerprint density at radius 2 is 2.14 bits per heavy atom. The van der Waals surface area contributed by atoms with Crippen molar-refractivity contribution in [3.63, 3.8) is 0 Å². The summed E-state index contributed by atoms with van der Waals surface area (Å²) in [5.41, 5.74) is 1.53. The molecule has 1 amide bonds. The molecule has 5 nitrogen and oxygen atoms in total. The summed E-state index contributed by atoms with van der Waals surface area (Å²) in [5, 5.41) is 3.04. The quantitative estimate of drug-likeness (QED) is 0.885. The van der Waals surface area contributed by atoms with Gasteiger partial charge in [0.2, 0.25) is 0 Å². The van der Waals surface area contributed by atoms with Crippen LogP contribution >= 0.6 is 0 Å². The molecule has 0 radical (unpaired) electrons. The standard InChI is InChI=1S/C22H24FN3O2/c1-14-2-7-20(24-10-14)26-12-18-17(19-8-9-22(18,13-26)28-19)11-25-21(27)15-3-5-16(23)6-4-15/h2-7,10,17-19H,8-9,11-13H2,1H3,(H,25,27)/t17-,18+,19+,22+/m0/s1. The van der Waals surface area contributed by atoms with Gasteiger partial charge in [0.1, 0.15) is 11.6 Å². The van der Waals surface area contributed by atoms with Crippen molar-refractivity contribution >= 4 is 11.7 Å². The molecular formula is C22H24FN3O2. The van der Waals surface area contributed by atoms with Crippen molar-refractivity contribution in [3.8, 4) is 0 Å². The van der Waals surface area contributed by atoms with Gasteiger partial charge in [0, 0.05) is 43.2 Å². The highest BCUT2D eigenvalue weighted by molar-refractivity contribution is 5.94. The van der Waals surface area contributed by atoms with E-state index in [4.69, 9.17) is 4.74 Å². The molecule has 1 N–H and O–H groups in total. The third kappa shape index (κ3) is 2.87. The number of carbonyl (C=O) groups is 1. The van der Waals surface area contributed by atoms with Crippen molar-refractivity contribution in [2.24, 2.45) is 11.8 Å². The van der Waals surface area contributed by atoms with E-state index in [0.717, 1.165) is 37.3 Å². The maximum absolute atomic E-state index is 13.1. The molecule has 0 aliphatic carbocycles. The number of hydrogen-bond donors (Lipinski definition) is 1. The first-order valence-electron chi connectivity index (χ1n) is 9.93. The van der Waals surface area contributed by atoms with E-state index in [1.54, 1.807) is 0 Å². The first kappa shape index (κ1) is 17.6. The Bertz CT molecular complexity index is 886. The summed E-state index contributed by atoms with van der Waals surface area (Å²) in [7, 11) is 0. The topological polar surface area (TPSA) is 54.5 Å². The maximum Gasteiger partial charge on any atom is 0.251 e. The van der Waals surface area contributed by atoms with E-state index in [9.17, 15) is 9.18 Å². The van der Waals surface area contributed by atoms with Crippen LogP contribution < -0.4 is 10.2 Å². The van der Waals surface area contributed by atoms with Crippen LogP contribution in [0.5, 0.6) is 0 Å². The number of anilines is 1. The summed E-state index contributed by atoms with van der Waals surface area (Å²) in [5.74, 6) is 1.19. The summed E-state index contributed by atoms with van der Waals surface area (Å²) in [6.45, 7) is 4.40. The van der Waals surface area contributed by atoms with Crippen LogP contribution in [0.25, 0.3) is 0 Å². The van der Waals surface area contributed by atoms with Crippen molar-refractivity contribution in [2.45, 2.75) is 31.5 Å². The Hall–Kier alpha value is -2.47. The molecule has 3 aliphatic rings. The fourth-order valence-corrected chi connectivity index (χ4v) is 5.20. The van der Waals surface area contributed by atoms with Gasteiger partial charge in [-0.15, -0.1) is 0 Å². The largest absolute Gasteiger partial charge is 0.369 e. The van der Waals surface area contributed by atoms with Crippen molar-refractivity contribution in [3.05, 3.63) is 59.5 Å². The van der Waals surface area contributed by atoms with Gasteiger partial charge >= 0.3 is 0 Å². The maximum atomic E-state index is 13.1. The fourth-order valence-electron chi connectivity index (χ4n) is 5.20. The molecule has 1 aromatic heterocycles. The highest BCUT2D eigenvalue weighted by Gasteiger charge is 2.63. The summed E-state index contributed by atoms with van der Waals surface area (Å²) in [6.07, 6.45) is 4.24. The molecule has 3 aliphatic heterocycles. The van der Waals surface area contributed by atoms with Crippen molar-refractivity contribution in [2.75, 3.05) is 24.5 Å².